The lowest BCUT2D eigenvalue weighted by Crippen LogP contribution is -2.16. The molecule has 170 valence electrons. The first-order valence-electron chi connectivity index (χ1n) is 10.8. The lowest BCUT2D eigenvalue weighted by molar-refractivity contribution is 0.0697. The number of carbonyl (C=O) groups is 1. The van der Waals surface area contributed by atoms with Gasteiger partial charge in [0.25, 0.3) is 5.56 Å². The number of benzene rings is 3. The predicted molar refractivity (Wildman–Crippen MR) is 128 cm³/mol. The number of aromatic nitrogens is 2. The number of nitrogens with one attached hydrogen (secondary N) is 1. The molecule has 0 saturated heterocycles. The second-order valence-electron chi connectivity index (χ2n) is 8.45. The second kappa shape index (κ2) is 8.15. The molecule has 3 N–H and O–H groups in total. The highest BCUT2D eigenvalue weighted by atomic mass is 16.4. The van der Waals surface area contributed by atoms with Crippen LogP contribution in [0, 0.1) is 13.8 Å². The van der Waals surface area contributed by atoms with Gasteiger partial charge in [-0.2, -0.15) is 0 Å². The van der Waals surface area contributed by atoms with Crippen LogP contribution < -0.4 is 5.56 Å². The topological polar surface area (TPSA) is 120 Å². The van der Waals surface area contributed by atoms with Crippen LogP contribution in [-0.4, -0.2) is 26.0 Å². The molecule has 5 rings (SSSR count). The normalized spacial score (nSPS) is 12.5. The summed E-state index contributed by atoms with van der Waals surface area (Å²) < 4.78 is 1.45. The van der Waals surface area contributed by atoms with Crippen molar-refractivity contribution in [2.24, 2.45) is 10.2 Å². The second-order valence-corrected chi connectivity index (χ2v) is 8.45. The maximum atomic E-state index is 13.0. The molecule has 1 heterocycles. The number of aromatic hydroxyl groups is 1. The molecule has 0 bridgehead atoms. The summed E-state index contributed by atoms with van der Waals surface area (Å²) in [6.07, 6.45) is 2.07. The maximum absolute atomic E-state index is 13.0. The summed E-state index contributed by atoms with van der Waals surface area (Å²) in [5, 5.41) is 31.5. The fraction of sp³-hybridized carbons (Fsp3) is 0.154. The van der Waals surface area contributed by atoms with Gasteiger partial charge in [0.05, 0.1) is 16.9 Å². The third kappa shape index (κ3) is 3.69. The fourth-order valence-corrected chi connectivity index (χ4v) is 4.14. The Morgan fingerprint density at radius 3 is 2.50 bits per heavy atom. The number of aromatic amines is 1. The standard InChI is InChI=1S/C26H22N4O4/c1-14-10-21(18-4-3-5-19(12-18)26(33)34)24(31)22(11-14)27-28-23-15(2)29-30(25(23)32)20-9-8-16-6-7-17(16)13-20/h3-5,8-13,29,31H,6-7H2,1-2H3,(H,33,34). The molecule has 1 aromatic heterocycles. The molecule has 1 aliphatic carbocycles. The molecule has 0 unspecified atom stereocenters. The Labute approximate surface area is 194 Å². The molecular formula is C26H22N4O4. The summed E-state index contributed by atoms with van der Waals surface area (Å²) in [5.41, 5.74) is 5.73. The number of H-pyrrole nitrogens is 1. The van der Waals surface area contributed by atoms with Gasteiger partial charge in [-0.15, -0.1) is 10.2 Å². The minimum atomic E-state index is -1.05. The zero-order chi connectivity index (χ0) is 24.0. The van der Waals surface area contributed by atoms with Crippen LogP contribution >= 0.6 is 0 Å². The van der Waals surface area contributed by atoms with Gasteiger partial charge in [0.2, 0.25) is 0 Å². The highest BCUT2D eigenvalue weighted by Gasteiger charge is 2.18. The van der Waals surface area contributed by atoms with E-state index in [4.69, 9.17) is 0 Å². The summed E-state index contributed by atoms with van der Waals surface area (Å²) in [5.74, 6) is -1.20. The monoisotopic (exact) mass is 454 g/mol. The highest BCUT2D eigenvalue weighted by molar-refractivity contribution is 5.90. The number of rotatable bonds is 5. The zero-order valence-corrected chi connectivity index (χ0v) is 18.7. The van der Waals surface area contributed by atoms with E-state index in [2.05, 4.69) is 15.3 Å². The van der Waals surface area contributed by atoms with Crippen LogP contribution in [0.1, 0.15) is 32.7 Å². The summed E-state index contributed by atoms with van der Waals surface area (Å²) in [4.78, 5) is 24.4. The van der Waals surface area contributed by atoms with E-state index in [1.165, 1.54) is 27.9 Å². The molecule has 4 aromatic rings. The van der Waals surface area contributed by atoms with E-state index in [0.29, 0.717) is 16.8 Å². The molecule has 3 aromatic carbocycles. The highest BCUT2D eigenvalue weighted by Crippen LogP contribution is 2.39. The van der Waals surface area contributed by atoms with Gasteiger partial charge in [-0.25, -0.2) is 9.48 Å². The van der Waals surface area contributed by atoms with Crippen molar-refractivity contribution in [3.63, 3.8) is 0 Å². The average molecular weight is 454 g/mol. The van der Waals surface area contributed by atoms with Crippen molar-refractivity contribution >= 4 is 17.3 Å². The molecule has 0 amide bonds. The van der Waals surface area contributed by atoms with E-state index in [0.717, 1.165) is 24.1 Å². The van der Waals surface area contributed by atoms with E-state index in [1.807, 2.05) is 25.1 Å². The number of aryl methyl sites for hydroxylation is 4. The van der Waals surface area contributed by atoms with Gasteiger partial charge < -0.3 is 10.2 Å². The van der Waals surface area contributed by atoms with Crippen LogP contribution in [0.25, 0.3) is 16.8 Å². The van der Waals surface area contributed by atoms with Crippen molar-refractivity contribution in [3.05, 3.63) is 92.9 Å². The Bertz CT molecular complexity index is 1550. The number of phenolic OH excluding ortho intramolecular Hbond substituents is 1. The average Bonchev–Trinajstić information content (AvgIpc) is 3.08. The molecule has 0 atom stereocenters. The van der Waals surface area contributed by atoms with E-state index in [9.17, 15) is 19.8 Å². The van der Waals surface area contributed by atoms with Crippen LogP contribution in [0.4, 0.5) is 11.4 Å². The largest absolute Gasteiger partial charge is 0.505 e. The van der Waals surface area contributed by atoms with Crippen molar-refractivity contribution in [1.82, 2.24) is 9.78 Å². The number of nitrogens with zero attached hydrogens (tertiary/aromatic N) is 3. The minimum absolute atomic E-state index is 0.112. The van der Waals surface area contributed by atoms with Gasteiger partial charge in [-0.05, 0) is 85.3 Å². The van der Waals surface area contributed by atoms with Gasteiger partial charge in [0, 0.05) is 5.56 Å². The van der Waals surface area contributed by atoms with Crippen molar-refractivity contribution in [2.75, 3.05) is 0 Å². The lowest BCUT2D eigenvalue weighted by Gasteiger charge is -2.19. The Balaban J connectivity index is 1.52. The number of aromatic carboxylic acids is 1. The molecule has 8 heteroatoms. The Kier molecular flexibility index (Phi) is 5.13. The van der Waals surface area contributed by atoms with Crippen molar-refractivity contribution in [2.45, 2.75) is 26.7 Å². The third-order valence-corrected chi connectivity index (χ3v) is 6.06. The van der Waals surface area contributed by atoms with E-state index >= 15 is 0 Å². The number of carboxylic acid groups (broad SMARTS) is 1. The van der Waals surface area contributed by atoms with Crippen molar-refractivity contribution in [3.8, 4) is 22.6 Å². The zero-order valence-electron chi connectivity index (χ0n) is 18.7. The van der Waals surface area contributed by atoms with Gasteiger partial charge in [-0.1, -0.05) is 18.2 Å². The number of phenols is 1. The number of hydrogen-bond donors (Lipinski definition) is 3. The fourth-order valence-electron chi connectivity index (χ4n) is 4.14. The number of hydrogen-bond acceptors (Lipinski definition) is 5. The molecule has 0 spiro atoms. The van der Waals surface area contributed by atoms with Crippen LogP contribution in [-0.2, 0) is 12.8 Å². The van der Waals surface area contributed by atoms with E-state index in [-0.39, 0.29) is 28.2 Å². The van der Waals surface area contributed by atoms with Gasteiger partial charge in [0.1, 0.15) is 5.69 Å². The molecule has 1 aliphatic rings. The molecule has 0 radical (unpaired) electrons. The number of azo groups is 1. The molecule has 0 fully saturated rings. The molecule has 8 nitrogen and oxygen atoms in total. The Hall–Kier alpha value is -4.46. The molecule has 0 saturated carbocycles. The predicted octanol–water partition coefficient (Wildman–Crippen LogP) is 5.37. The first kappa shape index (κ1) is 21.4. The van der Waals surface area contributed by atoms with Crippen LogP contribution in [0.2, 0.25) is 0 Å². The van der Waals surface area contributed by atoms with Crippen LogP contribution in [0.3, 0.4) is 0 Å². The lowest BCUT2D eigenvalue weighted by atomic mass is 9.88. The summed E-state index contributed by atoms with van der Waals surface area (Å²) >= 11 is 0. The first-order valence-corrected chi connectivity index (χ1v) is 10.8. The van der Waals surface area contributed by atoms with Gasteiger partial charge in [-0.3, -0.25) is 9.89 Å². The summed E-state index contributed by atoms with van der Waals surface area (Å²) in [7, 11) is 0. The SMILES string of the molecule is Cc1cc(N=Nc2c(C)[nH]n(-c3ccc4c(c3)CC4)c2=O)c(O)c(-c2cccc(C(=O)O)c2)c1. The van der Waals surface area contributed by atoms with Gasteiger partial charge >= 0.3 is 5.97 Å². The van der Waals surface area contributed by atoms with Crippen molar-refractivity contribution in [1.29, 1.82) is 0 Å². The Morgan fingerprint density at radius 2 is 1.79 bits per heavy atom. The van der Waals surface area contributed by atoms with Gasteiger partial charge in [0.15, 0.2) is 11.4 Å². The quantitative estimate of drug-likeness (QED) is 0.351. The summed E-state index contributed by atoms with van der Waals surface area (Å²) in [6, 6.07) is 15.6. The van der Waals surface area contributed by atoms with E-state index in [1.54, 1.807) is 31.2 Å². The summed E-state index contributed by atoms with van der Waals surface area (Å²) in [6.45, 7) is 3.58. The van der Waals surface area contributed by atoms with Crippen LogP contribution in [0.5, 0.6) is 5.75 Å². The van der Waals surface area contributed by atoms with E-state index < -0.39 is 5.97 Å². The minimum Gasteiger partial charge on any atom is -0.505 e. The van der Waals surface area contributed by atoms with Crippen LogP contribution in [0.15, 0.2) is 69.6 Å². The molecule has 34 heavy (non-hydrogen) atoms. The molecular weight excluding hydrogens is 432 g/mol. The molecule has 0 aliphatic heterocycles. The number of carboxylic acids is 1. The number of fused-ring (bicyclic) bond motifs is 1. The third-order valence-electron chi connectivity index (χ3n) is 6.06. The van der Waals surface area contributed by atoms with Crippen molar-refractivity contribution < 1.29 is 15.0 Å². The smallest absolute Gasteiger partial charge is 0.335 e. The maximum Gasteiger partial charge on any atom is 0.335 e. The first-order chi connectivity index (χ1) is 16.3. The Morgan fingerprint density at radius 1 is 1.00 bits per heavy atom.